The van der Waals surface area contributed by atoms with Crippen molar-refractivity contribution in [2.24, 2.45) is 0 Å². The molecule has 4 heteroatoms. The Hall–Kier alpha value is -1.68. The third kappa shape index (κ3) is 3.50. The van der Waals surface area contributed by atoms with E-state index in [4.69, 9.17) is 17.0 Å². The lowest BCUT2D eigenvalue weighted by Crippen LogP contribution is -2.04. The first-order valence-electron chi connectivity index (χ1n) is 7.47. The fourth-order valence-corrected chi connectivity index (χ4v) is 3.28. The lowest BCUT2D eigenvalue weighted by molar-refractivity contribution is 0.414. The first kappa shape index (κ1) is 14.3. The Morgan fingerprint density at radius 1 is 1.29 bits per heavy atom. The van der Waals surface area contributed by atoms with Crippen molar-refractivity contribution < 1.29 is 4.74 Å². The maximum absolute atomic E-state index is 5.33. The molecule has 1 heterocycles. The molecule has 0 atom stereocenters. The second kappa shape index (κ2) is 6.39. The molecule has 0 amide bonds. The van der Waals surface area contributed by atoms with Gasteiger partial charge in [0.1, 0.15) is 16.2 Å². The minimum Gasteiger partial charge on any atom is -0.497 e. The zero-order valence-electron chi connectivity index (χ0n) is 12.3. The summed E-state index contributed by atoms with van der Waals surface area (Å²) < 4.78 is 5.96. The molecule has 1 fully saturated rings. The second-order valence-corrected chi connectivity index (χ2v) is 6.05. The van der Waals surface area contributed by atoms with E-state index in [2.05, 4.69) is 16.0 Å². The Morgan fingerprint density at radius 2 is 2.10 bits per heavy atom. The first-order valence-corrected chi connectivity index (χ1v) is 7.88. The highest BCUT2D eigenvalue weighted by atomic mass is 32.1. The van der Waals surface area contributed by atoms with Crippen LogP contribution in [0.1, 0.15) is 48.7 Å². The minimum absolute atomic E-state index is 0.624. The number of hydrogen-bond donors (Lipinski definition) is 1. The molecule has 0 radical (unpaired) electrons. The molecule has 0 unspecified atom stereocenters. The average molecular weight is 300 g/mol. The molecule has 2 aromatic rings. The number of nitrogens with one attached hydrogen (secondary N) is 1. The first-order chi connectivity index (χ1) is 10.2. The van der Waals surface area contributed by atoms with E-state index in [-0.39, 0.29) is 0 Å². The maximum atomic E-state index is 5.33. The van der Waals surface area contributed by atoms with Gasteiger partial charge >= 0.3 is 0 Å². The van der Waals surface area contributed by atoms with Crippen LogP contribution in [0.2, 0.25) is 0 Å². The van der Waals surface area contributed by atoms with Gasteiger partial charge in [-0.3, -0.25) is 0 Å². The summed E-state index contributed by atoms with van der Waals surface area (Å²) in [6, 6.07) is 10.1. The van der Waals surface area contributed by atoms with E-state index >= 15 is 0 Å². The molecule has 0 saturated heterocycles. The second-order valence-electron chi connectivity index (χ2n) is 5.63. The van der Waals surface area contributed by atoms with Gasteiger partial charge < -0.3 is 9.72 Å². The quantitative estimate of drug-likeness (QED) is 0.851. The van der Waals surface area contributed by atoms with Crippen molar-refractivity contribution in [2.45, 2.75) is 38.0 Å². The van der Waals surface area contributed by atoms with Crippen LogP contribution in [-0.2, 0) is 6.42 Å². The van der Waals surface area contributed by atoms with Crippen LogP contribution in [0.25, 0.3) is 0 Å². The SMILES string of the molecule is COc1cccc(Cc2nc(=S)cc(C3CCCC3)[nH]2)c1. The van der Waals surface area contributed by atoms with Crippen LogP contribution in [0.4, 0.5) is 0 Å². The summed E-state index contributed by atoms with van der Waals surface area (Å²) in [5, 5.41) is 0. The third-order valence-corrected chi connectivity index (χ3v) is 4.32. The highest BCUT2D eigenvalue weighted by molar-refractivity contribution is 7.71. The van der Waals surface area contributed by atoms with E-state index in [1.54, 1.807) is 7.11 Å². The summed E-state index contributed by atoms with van der Waals surface area (Å²) in [7, 11) is 1.69. The maximum Gasteiger partial charge on any atom is 0.130 e. The molecule has 1 aromatic heterocycles. The summed E-state index contributed by atoms with van der Waals surface area (Å²) in [6.07, 6.45) is 5.90. The fraction of sp³-hybridized carbons (Fsp3) is 0.412. The zero-order valence-corrected chi connectivity index (χ0v) is 13.1. The van der Waals surface area contributed by atoms with E-state index in [9.17, 15) is 0 Å². The predicted molar refractivity (Wildman–Crippen MR) is 86.4 cm³/mol. The molecule has 21 heavy (non-hydrogen) atoms. The number of methoxy groups -OCH3 is 1. The van der Waals surface area contributed by atoms with Crippen molar-refractivity contribution >= 4 is 12.2 Å². The van der Waals surface area contributed by atoms with Crippen LogP contribution in [-0.4, -0.2) is 17.1 Å². The van der Waals surface area contributed by atoms with Crippen LogP contribution in [0.5, 0.6) is 5.75 Å². The number of aromatic nitrogens is 2. The molecular weight excluding hydrogens is 280 g/mol. The molecule has 1 aliphatic rings. The van der Waals surface area contributed by atoms with Crippen LogP contribution < -0.4 is 4.74 Å². The summed E-state index contributed by atoms with van der Waals surface area (Å²) in [6.45, 7) is 0. The average Bonchev–Trinajstić information content (AvgIpc) is 3.01. The Kier molecular flexibility index (Phi) is 4.34. The largest absolute Gasteiger partial charge is 0.497 e. The number of H-pyrrole nitrogens is 1. The monoisotopic (exact) mass is 300 g/mol. The van der Waals surface area contributed by atoms with Crippen molar-refractivity contribution in [3.63, 3.8) is 0 Å². The molecule has 0 spiro atoms. The Morgan fingerprint density at radius 3 is 2.86 bits per heavy atom. The Balaban J connectivity index is 1.85. The highest BCUT2D eigenvalue weighted by Gasteiger charge is 2.18. The predicted octanol–water partition coefficient (Wildman–Crippen LogP) is 4.40. The molecule has 1 saturated carbocycles. The standard InChI is InChI=1S/C17H20N2OS/c1-20-14-8-4-5-12(9-14)10-16-18-15(11-17(21)19-16)13-6-2-3-7-13/h4-5,8-9,11,13H,2-3,6-7,10H2,1H3,(H,18,19,21). The van der Waals surface area contributed by atoms with E-state index in [1.807, 2.05) is 24.3 Å². The number of rotatable bonds is 4. The molecular formula is C17H20N2OS. The van der Waals surface area contributed by atoms with Gasteiger partial charge in [-0.25, -0.2) is 4.98 Å². The highest BCUT2D eigenvalue weighted by Crippen LogP contribution is 2.33. The fourth-order valence-electron chi connectivity index (χ4n) is 3.05. The van der Waals surface area contributed by atoms with Gasteiger partial charge in [0, 0.05) is 12.1 Å². The van der Waals surface area contributed by atoms with Gasteiger partial charge in [-0.15, -0.1) is 0 Å². The van der Waals surface area contributed by atoms with Crippen molar-refractivity contribution in [3.05, 3.63) is 52.1 Å². The summed E-state index contributed by atoms with van der Waals surface area (Å²) in [4.78, 5) is 7.97. The minimum atomic E-state index is 0.624. The van der Waals surface area contributed by atoms with Crippen LogP contribution in [0.15, 0.2) is 30.3 Å². The molecule has 0 bridgehead atoms. The molecule has 3 rings (SSSR count). The van der Waals surface area contributed by atoms with E-state index in [0.29, 0.717) is 10.6 Å². The number of nitrogens with zero attached hydrogens (tertiary/aromatic N) is 1. The van der Waals surface area contributed by atoms with Gasteiger partial charge in [0.15, 0.2) is 0 Å². The van der Waals surface area contributed by atoms with Crippen molar-refractivity contribution in [1.82, 2.24) is 9.97 Å². The molecule has 1 N–H and O–H groups in total. The summed E-state index contributed by atoms with van der Waals surface area (Å²) in [5.74, 6) is 2.44. The molecule has 1 aliphatic carbocycles. The van der Waals surface area contributed by atoms with Gasteiger partial charge in [-0.2, -0.15) is 0 Å². The van der Waals surface area contributed by atoms with Crippen LogP contribution in [0.3, 0.4) is 0 Å². The Labute approximate surface area is 130 Å². The number of hydrogen-bond acceptors (Lipinski definition) is 3. The van der Waals surface area contributed by atoms with E-state index in [0.717, 1.165) is 18.0 Å². The van der Waals surface area contributed by atoms with Crippen molar-refractivity contribution in [2.75, 3.05) is 7.11 Å². The third-order valence-electron chi connectivity index (χ3n) is 4.11. The molecule has 0 aliphatic heterocycles. The van der Waals surface area contributed by atoms with Crippen molar-refractivity contribution in [3.8, 4) is 5.75 Å². The molecule has 1 aromatic carbocycles. The van der Waals surface area contributed by atoms with Crippen molar-refractivity contribution in [1.29, 1.82) is 0 Å². The molecule has 3 nitrogen and oxygen atoms in total. The van der Waals surface area contributed by atoms with Gasteiger partial charge in [-0.05, 0) is 42.5 Å². The smallest absolute Gasteiger partial charge is 0.130 e. The van der Waals surface area contributed by atoms with Gasteiger partial charge in [0.25, 0.3) is 0 Å². The number of benzene rings is 1. The summed E-state index contributed by atoms with van der Waals surface area (Å²) >= 11 is 5.33. The lowest BCUT2D eigenvalue weighted by atomic mass is 10.0. The van der Waals surface area contributed by atoms with Crippen LogP contribution in [0, 0.1) is 4.64 Å². The zero-order chi connectivity index (χ0) is 14.7. The van der Waals surface area contributed by atoms with Crippen LogP contribution >= 0.6 is 12.2 Å². The number of ether oxygens (including phenoxy) is 1. The topological polar surface area (TPSA) is 37.9 Å². The van der Waals surface area contributed by atoms with E-state index < -0.39 is 0 Å². The Bertz CT molecular complexity index is 674. The lowest BCUT2D eigenvalue weighted by Gasteiger charge is -2.12. The van der Waals surface area contributed by atoms with E-state index in [1.165, 1.54) is 36.9 Å². The number of aromatic amines is 1. The van der Waals surface area contributed by atoms with Gasteiger partial charge in [-0.1, -0.05) is 37.2 Å². The summed E-state index contributed by atoms with van der Waals surface area (Å²) in [5.41, 5.74) is 2.43. The van der Waals surface area contributed by atoms with Gasteiger partial charge in [0.05, 0.1) is 7.11 Å². The molecule has 110 valence electrons. The normalized spacial score (nSPS) is 15.3. The van der Waals surface area contributed by atoms with Gasteiger partial charge in [0.2, 0.25) is 0 Å².